The average Bonchev–Trinajstić information content (AvgIpc) is 3.20. The number of ether oxygens (including phenoxy) is 1. The fourth-order valence-corrected chi connectivity index (χ4v) is 4.94. The monoisotopic (exact) mass is 460 g/mol. The van der Waals surface area contributed by atoms with Crippen LogP contribution in [0.3, 0.4) is 0 Å². The van der Waals surface area contributed by atoms with Gasteiger partial charge in [0, 0.05) is 24.4 Å². The largest absolute Gasteiger partial charge is 0.491 e. The summed E-state index contributed by atoms with van der Waals surface area (Å²) in [6.07, 6.45) is 1.24. The van der Waals surface area contributed by atoms with Crippen LogP contribution in [0.15, 0.2) is 35.7 Å². The predicted molar refractivity (Wildman–Crippen MR) is 125 cm³/mol. The molecule has 1 unspecified atom stereocenters. The van der Waals surface area contributed by atoms with E-state index in [4.69, 9.17) is 4.74 Å². The Balaban J connectivity index is 1.75. The molecule has 2 amide bonds. The van der Waals surface area contributed by atoms with E-state index in [1.807, 2.05) is 30.2 Å². The van der Waals surface area contributed by atoms with Gasteiger partial charge in [-0.25, -0.2) is 4.39 Å². The summed E-state index contributed by atoms with van der Waals surface area (Å²) in [5.41, 5.74) is 1.10. The summed E-state index contributed by atoms with van der Waals surface area (Å²) in [5, 5.41) is 2.04. The van der Waals surface area contributed by atoms with Gasteiger partial charge in [-0.3, -0.25) is 9.59 Å². The normalized spacial score (nSPS) is 15.7. The number of hydrogen-bond donors (Lipinski definition) is 0. The maximum Gasteiger partial charge on any atom is 0.242 e. The molecule has 5 nitrogen and oxygen atoms in total. The van der Waals surface area contributed by atoms with Crippen LogP contribution in [0.1, 0.15) is 50.6 Å². The summed E-state index contributed by atoms with van der Waals surface area (Å²) in [7, 11) is 0. The quantitative estimate of drug-likeness (QED) is 0.534. The molecule has 0 N–H and O–H groups in total. The maximum atomic E-state index is 13.4. The number of amides is 2. The van der Waals surface area contributed by atoms with Crippen molar-refractivity contribution < 1.29 is 18.7 Å². The van der Waals surface area contributed by atoms with Crippen molar-refractivity contribution in [2.75, 3.05) is 26.2 Å². The SMILES string of the molecule is CC(C)CC(=O)N(CC(=O)N1CCc2sccc2C1COc1ccc(F)cc1)CC(C)C. The number of carbonyl (C=O) groups is 2. The van der Waals surface area contributed by atoms with Gasteiger partial charge in [0.2, 0.25) is 11.8 Å². The number of halogens is 1. The van der Waals surface area contributed by atoms with Gasteiger partial charge in [-0.2, -0.15) is 0 Å². The van der Waals surface area contributed by atoms with Crippen molar-refractivity contribution in [1.82, 2.24) is 9.80 Å². The van der Waals surface area contributed by atoms with Gasteiger partial charge in [0.15, 0.2) is 0 Å². The number of thiophene rings is 1. The number of benzene rings is 1. The van der Waals surface area contributed by atoms with Crippen LogP contribution in [-0.2, 0) is 16.0 Å². The zero-order valence-corrected chi connectivity index (χ0v) is 20.2. The molecule has 2 heterocycles. The van der Waals surface area contributed by atoms with E-state index in [1.165, 1.54) is 17.0 Å². The van der Waals surface area contributed by atoms with Crippen LogP contribution in [0.5, 0.6) is 5.75 Å². The summed E-state index contributed by atoms with van der Waals surface area (Å²) < 4.78 is 19.2. The first kappa shape index (κ1) is 24.2. The first-order valence-electron chi connectivity index (χ1n) is 11.3. The van der Waals surface area contributed by atoms with E-state index >= 15 is 0 Å². The smallest absolute Gasteiger partial charge is 0.242 e. The molecular formula is C25H33FN2O3S. The highest BCUT2D eigenvalue weighted by Gasteiger charge is 2.33. The lowest BCUT2D eigenvalue weighted by Gasteiger charge is -2.37. The lowest BCUT2D eigenvalue weighted by atomic mass is 10.00. The summed E-state index contributed by atoms with van der Waals surface area (Å²) in [6, 6.07) is 7.72. The molecule has 1 aliphatic heterocycles. The number of carbonyl (C=O) groups excluding carboxylic acids is 2. The molecule has 7 heteroatoms. The average molecular weight is 461 g/mol. The van der Waals surface area contributed by atoms with Crippen molar-refractivity contribution in [2.24, 2.45) is 11.8 Å². The summed E-state index contributed by atoms with van der Waals surface area (Å²) in [4.78, 5) is 31.0. The minimum Gasteiger partial charge on any atom is -0.491 e. The Morgan fingerprint density at radius 3 is 2.53 bits per heavy atom. The van der Waals surface area contributed by atoms with E-state index in [-0.39, 0.29) is 48.7 Å². The van der Waals surface area contributed by atoms with Gasteiger partial charge in [-0.1, -0.05) is 27.7 Å². The molecule has 0 saturated carbocycles. The fraction of sp³-hybridized carbons (Fsp3) is 0.520. The van der Waals surface area contributed by atoms with E-state index in [1.54, 1.807) is 28.4 Å². The summed E-state index contributed by atoms with van der Waals surface area (Å²) in [5.74, 6) is 0.730. The number of nitrogens with zero attached hydrogens (tertiary/aromatic N) is 2. The highest BCUT2D eigenvalue weighted by Crippen LogP contribution is 2.34. The topological polar surface area (TPSA) is 49.9 Å². The second kappa shape index (κ2) is 10.9. The van der Waals surface area contributed by atoms with Crippen LogP contribution < -0.4 is 4.74 Å². The molecule has 174 valence electrons. The Morgan fingerprint density at radius 2 is 1.88 bits per heavy atom. The minimum absolute atomic E-state index is 0.0226. The molecule has 0 fully saturated rings. The Hall–Kier alpha value is -2.41. The van der Waals surface area contributed by atoms with Gasteiger partial charge in [0.05, 0.1) is 12.6 Å². The number of fused-ring (bicyclic) bond motifs is 1. The third kappa shape index (κ3) is 6.31. The van der Waals surface area contributed by atoms with Crippen LogP contribution in [0, 0.1) is 17.7 Å². The van der Waals surface area contributed by atoms with E-state index < -0.39 is 0 Å². The zero-order chi connectivity index (χ0) is 23.3. The zero-order valence-electron chi connectivity index (χ0n) is 19.3. The first-order valence-corrected chi connectivity index (χ1v) is 12.1. The van der Waals surface area contributed by atoms with Crippen molar-refractivity contribution >= 4 is 23.2 Å². The molecule has 1 aliphatic rings. The van der Waals surface area contributed by atoms with Crippen molar-refractivity contribution in [1.29, 1.82) is 0 Å². The Kier molecular flexibility index (Phi) is 8.29. The standard InChI is InChI=1S/C25H33FN2O3S/c1-17(2)13-24(29)27(14-18(3)4)15-25(30)28-11-9-23-21(10-12-32-23)22(28)16-31-20-7-5-19(26)6-8-20/h5-8,10,12,17-18,22H,9,11,13-16H2,1-4H3. The molecule has 1 aromatic heterocycles. The fourth-order valence-electron chi connectivity index (χ4n) is 4.01. The Bertz CT molecular complexity index is 910. The third-order valence-corrected chi connectivity index (χ3v) is 6.48. The highest BCUT2D eigenvalue weighted by molar-refractivity contribution is 7.10. The number of hydrogen-bond acceptors (Lipinski definition) is 4. The molecule has 2 aromatic rings. The highest BCUT2D eigenvalue weighted by atomic mass is 32.1. The molecule has 3 rings (SSSR count). The number of rotatable bonds is 9. The van der Waals surface area contributed by atoms with Gasteiger partial charge in [-0.05, 0) is 59.5 Å². The van der Waals surface area contributed by atoms with Crippen LogP contribution in [0.2, 0.25) is 0 Å². The third-order valence-electron chi connectivity index (χ3n) is 5.48. The van der Waals surface area contributed by atoms with E-state index in [0.29, 0.717) is 25.3 Å². The summed E-state index contributed by atoms with van der Waals surface area (Å²) in [6.45, 7) is 9.65. The first-order chi connectivity index (χ1) is 15.2. The molecule has 1 aromatic carbocycles. The van der Waals surface area contributed by atoms with Crippen LogP contribution in [0.4, 0.5) is 4.39 Å². The van der Waals surface area contributed by atoms with Crippen LogP contribution >= 0.6 is 11.3 Å². The van der Waals surface area contributed by atoms with Crippen molar-refractivity contribution in [3.05, 3.63) is 52.0 Å². The Morgan fingerprint density at radius 1 is 1.16 bits per heavy atom. The van der Waals surface area contributed by atoms with Crippen molar-refractivity contribution in [3.63, 3.8) is 0 Å². The Labute approximate surface area is 194 Å². The van der Waals surface area contributed by atoms with Gasteiger partial charge >= 0.3 is 0 Å². The molecule has 0 spiro atoms. The lowest BCUT2D eigenvalue weighted by Crippen LogP contribution is -2.48. The molecule has 32 heavy (non-hydrogen) atoms. The lowest BCUT2D eigenvalue weighted by molar-refractivity contribution is -0.143. The van der Waals surface area contributed by atoms with Crippen LogP contribution in [-0.4, -0.2) is 47.9 Å². The molecule has 0 bridgehead atoms. The molecular weight excluding hydrogens is 427 g/mol. The van der Waals surface area contributed by atoms with E-state index in [2.05, 4.69) is 13.8 Å². The van der Waals surface area contributed by atoms with Gasteiger partial charge in [0.1, 0.15) is 18.2 Å². The van der Waals surface area contributed by atoms with Gasteiger partial charge < -0.3 is 14.5 Å². The molecule has 0 aliphatic carbocycles. The minimum atomic E-state index is -0.316. The van der Waals surface area contributed by atoms with Crippen molar-refractivity contribution in [3.8, 4) is 5.75 Å². The summed E-state index contributed by atoms with van der Waals surface area (Å²) >= 11 is 1.69. The molecule has 0 saturated heterocycles. The maximum absolute atomic E-state index is 13.4. The molecule has 0 radical (unpaired) electrons. The second-order valence-corrected chi connectivity index (χ2v) is 10.2. The van der Waals surface area contributed by atoms with Crippen LogP contribution in [0.25, 0.3) is 0 Å². The van der Waals surface area contributed by atoms with Gasteiger partial charge in [0.25, 0.3) is 0 Å². The second-order valence-electron chi connectivity index (χ2n) is 9.18. The van der Waals surface area contributed by atoms with Gasteiger partial charge in [-0.15, -0.1) is 11.3 Å². The molecule has 1 atom stereocenters. The predicted octanol–water partition coefficient (Wildman–Crippen LogP) is 4.92. The van der Waals surface area contributed by atoms with E-state index in [9.17, 15) is 14.0 Å². The van der Waals surface area contributed by atoms with Crippen molar-refractivity contribution in [2.45, 2.75) is 46.6 Å². The van der Waals surface area contributed by atoms with E-state index in [0.717, 1.165) is 12.0 Å².